The van der Waals surface area contributed by atoms with Crippen LogP contribution in [0.2, 0.25) is 5.02 Å². The lowest BCUT2D eigenvalue weighted by molar-refractivity contribution is -0.384. The van der Waals surface area contributed by atoms with Crippen molar-refractivity contribution in [3.63, 3.8) is 0 Å². The van der Waals surface area contributed by atoms with Crippen LogP contribution in [0.1, 0.15) is 15.9 Å². The van der Waals surface area contributed by atoms with Gasteiger partial charge in [0.05, 0.1) is 10.5 Å². The molecule has 1 aliphatic rings. The highest BCUT2D eigenvalue weighted by Crippen LogP contribution is 2.37. The highest BCUT2D eigenvalue weighted by Gasteiger charge is 2.34. The average Bonchev–Trinajstić information content (AvgIpc) is 2.77. The molecule has 4 rings (SSSR count). The molecular weight excluding hydrogens is 447 g/mol. The maximum Gasteiger partial charge on any atom is 0.416 e. The second-order valence-electron chi connectivity index (χ2n) is 7.38. The number of rotatable bonds is 3. The molecule has 0 unspecified atom stereocenters. The number of alkyl halides is 3. The number of hydrogen-bond donors (Lipinski definition) is 0. The molecule has 1 saturated heterocycles. The van der Waals surface area contributed by atoms with Crippen LogP contribution in [-0.4, -0.2) is 41.9 Å². The normalized spacial score (nSPS) is 14.6. The molecule has 0 aromatic heterocycles. The van der Waals surface area contributed by atoms with E-state index in [0.717, 1.165) is 22.9 Å². The molecule has 32 heavy (non-hydrogen) atoms. The van der Waals surface area contributed by atoms with E-state index in [1.54, 1.807) is 34.1 Å². The van der Waals surface area contributed by atoms with E-state index >= 15 is 0 Å². The molecule has 0 N–H and O–H groups in total. The third kappa shape index (κ3) is 4.08. The predicted molar refractivity (Wildman–Crippen MR) is 115 cm³/mol. The van der Waals surface area contributed by atoms with E-state index in [2.05, 4.69) is 0 Å². The molecule has 0 spiro atoms. The van der Waals surface area contributed by atoms with Crippen molar-refractivity contribution in [2.45, 2.75) is 6.18 Å². The summed E-state index contributed by atoms with van der Waals surface area (Å²) >= 11 is 6.23. The summed E-state index contributed by atoms with van der Waals surface area (Å²) in [5, 5.41) is 13.4. The van der Waals surface area contributed by atoms with Crippen molar-refractivity contribution in [2.24, 2.45) is 0 Å². The van der Waals surface area contributed by atoms with Gasteiger partial charge in [0.25, 0.3) is 11.6 Å². The fourth-order valence-electron chi connectivity index (χ4n) is 3.89. The Kier molecular flexibility index (Phi) is 5.68. The molecule has 1 fully saturated rings. The number of fused-ring (bicyclic) bond motifs is 1. The molecule has 3 aromatic rings. The maximum absolute atomic E-state index is 13.1. The van der Waals surface area contributed by atoms with Crippen molar-refractivity contribution in [3.05, 3.63) is 80.9 Å². The van der Waals surface area contributed by atoms with Crippen molar-refractivity contribution >= 4 is 39.7 Å². The Morgan fingerprint density at radius 3 is 2.28 bits per heavy atom. The maximum atomic E-state index is 13.1. The Balaban J connectivity index is 1.55. The standard InChI is InChI=1S/C22H17ClF3N3O3/c23-18-6-2-3-15-16(18)4-1-5-17(15)21(30)28-11-9-27(10-12-28)19-8-7-14(22(24,25)26)13-20(19)29(31)32/h1-8,13H,9-12H2. The van der Waals surface area contributed by atoms with E-state index in [9.17, 15) is 28.1 Å². The Bertz CT molecular complexity index is 1210. The average molecular weight is 464 g/mol. The van der Waals surface area contributed by atoms with Crippen molar-refractivity contribution in [3.8, 4) is 0 Å². The van der Waals surface area contributed by atoms with Crippen LogP contribution in [0.15, 0.2) is 54.6 Å². The summed E-state index contributed by atoms with van der Waals surface area (Å²) in [4.78, 5) is 27.0. The number of hydrogen-bond acceptors (Lipinski definition) is 4. The van der Waals surface area contributed by atoms with Gasteiger partial charge in [-0.3, -0.25) is 14.9 Å². The quantitative estimate of drug-likeness (QED) is 0.386. The number of piperazine rings is 1. The third-order valence-electron chi connectivity index (χ3n) is 5.51. The summed E-state index contributed by atoms with van der Waals surface area (Å²) in [6.07, 6.45) is -4.67. The van der Waals surface area contributed by atoms with Gasteiger partial charge in [-0.15, -0.1) is 0 Å². The number of carbonyl (C=O) groups excluding carboxylic acids is 1. The van der Waals surface area contributed by atoms with Crippen LogP contribution in [0.3, 0.4) is 0 Å². The van der Waals surface area contributed by atoms with Crippen molar-refractivity contribution in [1.29, 1.82) is 0 Å². The lowest BCUT2D eigenvalue weighted by atomic mass is 10.0. The molecule has 166 valence electrons. The zero-order valence-corrected chi connectivity index (χ0v) is 17.4. The number of carbonyl (C=O) groups is 1. The van der Waals surface area contributed by atoms with Crippen LogP contribution < -0.4 is 4.90 Å². The van der Waals surface area contributed by atoms with Gasteiger partial charge in [-0.25, -0.2) is 0 Å². The van der Waals surface area contributed by atoms with E-state index < -0.39 is 22.4 Å². The zero-order chi connectivity index (χ0) is 23.0. The fourth-order valence-corrected chi connectivity index (χ4v) is 4.13. The second kappa shape index (κ2) is 8.31. The number of nitrogens with zero attached hydrogens (tertiary/aromatic N) is 3. The van der Waals surface area contributed by atoms with Crippen molar-refractivity contribution < 1.29 is 22.9 Å². The molecular formula is C22H17ClF3N3O3. The van der Waals surface area contributed by atoms with Gasteiger partial charge in [-0.1, -0.05) is 35.9 Å². The molecule has 3 aromatic carbocycles. The zero-order valence-electron chi connectivity index (χ0n) is 16.6. The van der Waals surface area contributed by atoms with Gasteiger partial charge in [0.2, 0.25) is 0 Å². The molecule has 10 heteroatoms. The summed E-state index contributed by atoms with van der Waals surface area (Å²) in [7, 11) is 0. The Morgan fingerprint density at radius 2 is 1.62 bits per heavy atom. The number of nitro groups is 1. The van der Waals surface area contributed by atoms with Crippen LogP contribution in [0.25, 0.3) is 10.8 Å². The van der Waals surface area contributed by atoms with Crippen LogP contribution in [0, 0.1) is 10.1 Å². The van der Waals surface area contributed by atoms with Gasteiger partial charge < -0.3 is 9.80 Å². The Labute approximate surface area is 185 Å². The summed E-state index contributed by atoms with van der Waals surface area (Å²) in [5.74, 6) is -0.195. The van der Waals surface area contributed by atoms with Crippen LogP contribution in [0.5, 0.6) is 0 Å². The minimum atomic E-state index is -4.67. The summed E-state index contributed by atoms with van der Waals surface area (Å²) < 4.78 is 38.9. The minimum Gasteiger partial charge on any atom is -0.362 e. The molecule has 0 saturated carbocycles. The lowest BCUT2D eigenvalue weighted by Crippen LogP contribution is -2.49. The molecule has 0 aliphatic carbocycles. The van der Waals surface area contributed by atoms with Gasteiger partial charge in [0, 0.05) is 48.2 Å². The summed E-state index contributed by atoms with van der Waals surface area (Å²) in [5.41, 5.74) is -1.08. The number of anilines is 1. The van der Waals surface area contributed by atoms with E-state index in [1.165, 1.54) is 0 Å². The van der Waals surface area contributed by atoms with Crippen molar-refractivity contribution in [1.82, 2.24) is 4.90 Å². The first-order chi connectivity index (χ1) is 15.2. The first kappa shape index (κ1) is 21.9. The number of benzene rings is 3. The summed E-state index contributed by atoms with van der Waals surface area (Å²) in [6, 6.07) is 13.1. The van der Waals surface area contributed by atoms with E-state index in [-0.39, 0.29) is 37.8 Å². The monoisotopic (exact) mass is 463 g/mol. The van der Waals surface area contributed by atoms with E-state index in [0.29, 0.717) is 16.7 Å². The molecule has 0 radical (unpaired) electrons. The van der Waals surface area contributed by atoms with E-state index in [1.807, 2.05) is 12.1 Å². The third-order valence-corrected chi connectivity index (χ3v) is 5.84. The van der Waals surface area contributed by atoms with Crippen molar-refractivity contribution in [2.75, 3.05) is 31.1 Å². The topological polar surface area (TPSA) is 66.7 Å². The number of halogens is 4. The van der Waals surface area contributed by atoms with Gasteiger partial charge in [-0.05, 0) is 29.7 Å². The highest BCUT2D eigenvalue weighted by molar-refractivity contribution is 6.36. The smallest absolute Gasteiger partial charge is 0.362 e. The predicted octanol–water partition coefficient (Wildman–Crippen LogP) is 5.38. The number of nitro benzene ring substituents is 1. The Morgan fingerprint density at radius 1 is 0.969 bits per heavy atom. The molecule has 6 nitrogen and oxygen atoms in total. The fraction of sp³-hybridized carbons (Fsp3) is 0.227. The second-order valence-corrected chi connectivity index (χ2v) is 7.79. The molecule has 1 heterocycles. The lowest BCUT2D eigenvalue weighted by Gasteiger charge is -2.36. The van der Waals surface area contributed by atoms with Crippen LogP contribution in [-0.2, 0) is 6.18 Å². The highest BCUT2D eigenvalue weighted by atomic mass is 35.5. The number of amides is 1. The molecule has 0 atom stereocenters. The first-order valence-electron chi connectivity index (χ1n) is 9.74. The minimum absolute atomic E-state index is 0.104. The first-order valence-corrected chi connectivity index (χ1v) is 10.1. The largest absolute Gasteiger partial charge is 0.416 e. The van der Waals surface area contributed by atoms with Crippen LogP contribution >= 0.6 is 11.6 Å². The van der Waals surface area contributed by atoms with E-state index in [4.69, 9.17) is 11.6 Å². The SMILES string of the molecule is O=C(c1cccc2c(Cl)cccc12)N1CCN(c2ccc(C(F)(F)F)cc2[N+](=O)[O-])CC1. The Hall–Kier alpha value is -3.33. The summed E-state index contributed by atoms with van der Waals surface area (Å²) in [6.45, 7) is 1.05. The van der Waals surface area contributed by atoms with Gasteiger partial charge >= 0.3 is 6.18 Å². The molecule has 1 aliphatic heterocycles. The van der Waals surface area contributed by atoms with Gasteiger partial charge in [-0.2, -0.15) is 13.2 Å². The van der Waals surface area contributed by atoms with Crippen LogP contribution in [0.4, 0.5) is 24.5 Å². The van der Waals surface area contributed by atoms with Gasteiger partial charge in [0.1, 0.15) is 5.69 Å². The van der Waals surface area contributed by atoms with Gasteiger partial charge in [0.15, 0.2) is 0 Å². The molecule has 1 amide bonds. The molecule has 0 bridgehead atoms.